The number of hydrogen-bond donors (Lipinski definition) is 0. The highest BCUT2D eigenvalue weighted by atomic mass is 35.5. The van der Waals surface area contributed by atoms with Gasteiger partial charge in [0.05, 0.1) is 0 Å². The van der Waals surface area contributed by atoms with Gasteiger partial charge in [-0.2, -0.15) is 0 Å². The molecule has 0 nitrogen and oxygen atoms in total. The lowest BCUT2D eigenvalue weighted by Gasteiger charge is -2.16. The lowest BCUT2D eigenvalue weighted by atomic mass is 9.89. The minimum absolute atomic E-state index is 0.617. The van der Waals surface area contributed by atoms with Crippen molar-refractivity contribution in [2.24, 2.45) is 0 Å². The maximum Gasteiger partial charge on any atom is 0.0156 e. The summed E-state index contributed by atoms with van der Waals surface area (Å²) in [7, 11) is 0. The largest absolute Gasteiger partial charge is 0.0984 e. The summed E-state index contributed by atoms with van der Waals surface area (Å²) in [5.74, 6) is 1.27. The van der Waals surface area contributed by atoms with Crippen LogP contribution in [0.3, 0.4) is 0 Å². The van der Waals surface area contributed by atoms with Crippen LogP contribution in [-0.2, 0) is 0 Å². The van der Waals surface area contributed by atoms with Crippen LogP contribution in [0.4, 0.5) is 0 Å². The van der Waals surface area contributed by atoms with Crippen LogP contribution in [0.25, 0.3) is 12.2 Å². The molecule has 1 aliphatic carbocycles. The third-order valence-corrected chi connectivity index (χ3v) is 4.08. The van der Waals surface area contributed by atoms with Crippen molar-refractivity contribution in [2.75, 3.05) is 0 Å². The van der Waals surface area contributed by atoms with E-state index >= 15 is 0 Å². The Labute approximate surface area is 115 Å². The quantitative estimate of drug-likeness (QED) is 0.626. The molecule has 1 aromatic carbocycles. The first-order chi connectivity index (χ1) is 8.45. The van der Waals surface area contributed by atoms with Gasteiger partial charge in [0, 0.05) is 5.03 Å². The van der Waals surface area contributed by atoms with Gasteiger partial charge >= 0.3 is 0 Å². The molecule has 0 N–H and O–H groups in total. The van der Waals surface area contributed by atoms with Crippen LogP contribution in [0.1, 0.15) is 66.8 Å². The van der Waals surface area contributed by atoms with Gasteiger partial charge < -0.3 is 0 Å². The average molecular weight is 261 g/mol. The highest BCUT2D eigenvalue weighted by Gasteiger charge is 2.28. The monoisotopic (exact) mass is 260 g/mol. The van der Waals surface area contributed by atoms with Gasteiger partial charge in [-0.25, -0.2) is 0 Å². The lowest BCUT2D eigenvalue weighted by Crippen LogP contribution is -1.98. The fourth-order valence-electron chi connectivity index (χ4n) is 3.24. The fraction of sp³-hybridized carbons (Fsp3) is 0.412. The van der Waals surface area contributed by atoms with Gasteiger partial charge in [-0.1, -0.05) is 44.2 Å². The second-order valence-corrected chi connectivity index (χ2v) is 6.09. The molecule has 96 valence electrons. The van der Waals surface area contributed by atoms with Gasteiger partial charge in [-0.05, 0) is 66.0 Å². The predicted molar refractivity (Wildman–Crippen MR) is 82.2 cm³/mol. The molecule has 0 amide bonds. The van der Waals surface area contributed by atoms with Gasteiger partial charge in [0.1, 0.15) is 0 Å². The van der Waals surface area contributed by atoms with E-state index in [0.29, 0.717) is 11.8 Å². The van der Waals surface area contributed by atoms with Crippen molar-refractivity contribution in [3.63, 3.8) is 0 Å². The molecule has 0 radical (unpaired) electrons. The summed E-state index contributed by atoms with van der Waals surface area (Å²) in [6, 6.07) is 2.34. The molecular weight excluding hydrogens is 240 g/mol. The van der Waals surface area contributed by atoms with Gasteiger partial charge in [0.2, 0.25) is 0 Å². The number of allylic oxidation sites excluding steroid dienone is 1. The smallest absolute Gasteiger partial charge is 0.0156 e. The van der Waals surface area contributed by atoms with Crippen LogP contribution >= 0.6 is 11.6 Å². The molecule has 0 heterocycles. The standard InChI is InChI=1S/C17H21Cl/c1-6-14-15(9-13(5)18)11(3)8-16-10(2)7-12(4)17(14)16/h6,8-10,12H,1,7H2,2-5H3/b13-9+. The number of aryl methyl sites for hydroxylation is 1. The van der Waals surface area contributed by atoms with E-state index in [1.165, 1.54) is 34.2 Å². The summed E-state index contributed by atoms with van der Waals surface area (Å²) < 4.78 is 0. The van der Waals surface area contributed by atoms with Gasteiger partial charge in [0.15, 0.2) is 0 Å². The first-order valence-corrected chi connectivity index (χ1v) is 6.97. The van der Waals surface area contributed by atoms with Crippen molar-refractivity contribution in [1.29, 1.82) is 0 Å². The van der Waals surface area contributed by atoms with E-state index in [9.17, 15) is 0 Å². The Morgan fingerprint density at radius 2 is 2.00 bits per heavy atom. The topological polar surface area (TPSA) is 0 Å². The summed E-state index contributed by atoms with van der Waals surface area (Å²) in [5, 5.41) is 0.819. The van der Waals surface area contributed by atoms with Crippen molar-refractivity contribution in [1.82, 2.24) is 0 Å². The first-order valence-electron chi connectivity index (χ1n) is 6.59. The summed E-state index contributed by atoms with van der Waals surface area (Å²) in [4.78, 5) is 0. The Morgan fingerprint density at radius 3 is 2.56 bits per heavy atom. The van der Waals surface area contributed by atoms with E-state index in [4.69, 9.17) is 11.6 Å². The van der Waals surface area contributed by atoms with Crippen molar-refractivity contribution in [3.8, 4) is 0 Å². The molecule has 0 fully saturated rings. The average Bonchev–Trinajstić information content (AvgIpc) is 2.55. The Kier molecular flexibility index (Phi) is 3.68. The molecule has 18 heavy (non-hydrogen) atoms. The molecule has 0 spiro atoms. The van der Waals surface area contributed by atoms with Gasteiger partial charge in [0.25, 0.3) is 0 Å². The minimum Gasteiger partial charge on any atom is -0.0984 e. The third-order valence-electron chi connectivity index (χ3n) is 3.97. The van der Waals surface area contributed by atoms with Crippen LogP contribution in [0.15, 0.2) is 17.7 Å². The van der Waals surface area contributed by atoms with Crippen LogP contribution in [-0.4, -0.2) is 0 Å². The highest BCUT2D eigenvalue weighted by molar-refractivity contribution is 6.31. The van der Waals surface area contributed by atoms with E-state index < -0.39 is 0 Å². The number of benzene rings is 1. The second-order valence-electron chi connectivity index (χ2n) is 5.50. The molecular formula is C17H21Cl. The number of fused-ring (bicyclic) bond motifs is 1. The molecule has 0 aromatic heterocycles. The Morgan fingerprint density at radius 1 is 1.33 bits per heavy atom. The molecule has 0 aliphatic heterocycles. The third kappa shape index (κ3) is 2.14. The van der Waals surface area contributed by atoms with Crippen LogP contribution in [0, 0.1) is 6.92 Å². The van der Waals surface area contributed by atoms with E-state index in [1.54, 1.807) is 0 Å². The number of rotatable bonds is 2. The predicted octanol–water partition coefficient (Wildman–Crippen LogP) is 5.85. The number of hydrogen-bond acceptors (Lipinski definition) is 0. The molecule has 0 saturated heterocycles. The summed E-state index contributed by atoms with van der Waals surface area (Å²) in [6.07, 6.45) is 5.29. The Bertz CT molecular complexity index is 519. The van der Waals surface area contributed by atoms with Gasteiger partial charge in [-0.3, -0.25) is 0 Å². The van der Waals surface area contributed by atoms with E-state index in [1.807, 2.05) is 13.0 Å². The fourth-order valence-corrected chi connectivity index (χ4v) is 3.35. The molecule has 0 bridgehead atoms. The number of halogens is 1. The maximum absolute atomic E-state index is 6.06. The zero-order chi connectivity index (χ0) is 13.4. The van der Waals surface area contributed by atoms with Crippen LogP contribution in [0.2, 0.25) is 0 Å². The van der Waals surface area contributed by atoms with Crippen molar-refractivity contribution in [3.05, 3.63) is 45.5 Å². The molecule has 1 heteroatoms. The Balaban J connectivity index is 2.75. The molecule has 1 aromatic rings. The second kappa shape index (κ2) is 4.93. The summed E-state index contributed by atoms with van der Waals surface area (Å²) >= 11 is 6.06. The van der Waals surface area contributed by atoms with Crippen molar-refractivity contribution >= 4 is 23.8 Å². The Hall–Kier alpha value is -1.01. The zero-order valence-electron chi connectivity index (χ0n) is 11.7. The van der Waals surface area contributed by atoms with Crippen LogP contribution in [0.5, 0.6) is 0 Å². The molecule has 2 rings (SSSR count). The summed E-state index contributed by atoms with van der Waals surface area (Å²) in [5.41, 5.74) is 6.79. The maximum atomic E-state index is 6.06. The van der Waals surface area contributed by atoms with E-state index in [-0.39, 0.29) is 0 Å². The SMILES string of the molecule is C=Cc1c(/C=C(\C)Cl)c(C)cc2c1C(C)CC2C. The first kappa shape index (κ1) is 13.4. The van der Waals surface area contributed by atoms with Crippen LogP contribution < -0.4 is 0 Å². The molecule has 0 saturated carbocycles. The normalized spacial score (nSPS) is 23.1. The highest BCUT2D eigenvalue weighted by Crippen LogP contribution is 2.45. The summed E-state index contributed by atoms with van der Waals surface area (Å²) in [6.45, 7) is 12.7. The zero-order valence-corrected chi connectivity index (χ0v) is 12.4. The lowest BCUT2D eigenvalue weighted by molar-refractivity contribution is 0.661. The molecule has 2 unspecified atom stereocenters. The molecule has 2 atom stereocenters. The minimum atomic E-state index is 0.617. The molecule has 1 aliphatic rings. The van der Waals surface area contributed by atoms with Gasteiger partial charge in [-0.15, -0.1) is 0 Å². The van der Waals surface area contributed by atoms with E-state index in [0.717, 1.165) is 5.03 Å². The van der Waals surface area contributed by atoms with Crippen molar-refractivity contribution < 1.29 is 0 Å². The van der Waals surface area contributed by atoms with Crippen molar-refractivity contribution in [2.45, 2.75) is 46.0 Å². The van der Waals surface area contributed by atoms with E-state index in [2.05, 4.69) is 39.5 Å².